The van der Waals surface area contributed by atoms with Gasteiger partial charge in [-0.15, -0.1) is 0 Å². The second-order valence-electron chi connectivity index (χ2n) is 6.48. The van der Waals surface area contributed by atoms with Crippen LogP contribution < -0.4 is 5.32 Å². The number of likely N-dealkylation sites (N-methyl/N-ethyl adjacent to an activating group) is 1. The van der Waals surface area contributed by atoms with Crippen molar-refractivity contribution in [2.24, 2.45) is 5.92 Å². The molecule has 1 rings (SSSR count). The Morgan fingerprint density at radius 2 is 1.86 bits per heavy atom. The van der Waals surface area contributed by atoms with E-state index in [9.17, 15) is 0 Å². The summed E-state index contributed by atoms with van der Waals surface area (Å²) in [6.07, 6.45) is 1.15. The Bertz CT molecular complexity index is 374. The van der Waals surface area contributed by atoms with E-state index in [4.69, 9.17) is 4.42 Å². The summed E-state index contributed by atoms with van der Waals surface area (Å²) in [4.78, 5) is 4.71. The number of rotatable bonds is 11. The minimum Gasteiger partial charge on any atom is -0.463 e. The molecule has 0 fully saturated rings. The van der Waals surface area contributed by atoms with Gasteiger partial charge in [0.2, 0.25) is 0 Å². The van der Waals surface area contributed by atoms with Gasteiger partial charge in [0, 0.05) is 19.6 Å². The van der Waals surface area contributed by atoms with Crippen LogP contribution in [0.15, 0.2) is 16.5 Å². The van der Waals surface area contributed by atoms with E-state index in [0.717, 1.165) is 57.2 Å². The summed E-state index contributed by atoms with van der Waals surface area (Å²) in [6, 6.07) is 4.21. The lowest BCUT2D eigenvalue weighted by atomic mass is 10.2. The van der Waals surface area contributed by atoms with E-state index in [1.165, 1.54) is 0 Å². The molecule has 21 heavy (non-hydrogen) atoms. The molecule has 0 atom stereocenters. The predicted molar refractivity (Wildman–Crippen MR) is 89.4 cm³/mol. The third-order valence-electron chi connectivity index (χ3n) is 3.31. The highest BCUT2D eigenvalue weighted by Crippen LogP contribution is 2.12. The van der Waals surface area contributed by atoms with Gasteiger partial charge in [-0.25, -0.2) is 0 Å². The fourth-order valence-electron chi connectivity index (χ4n) is 2.30. The maximum atomic E-state index is 5.93. The molecule has 1 N–H and O–H groups in total. The summed E-state index contributed by atoms with van der Waals surface area (Å²) in [5.74, 6) is 2.78. The number of hydrogen-bond acceptors (Lipinski definition) is 4. The molecule has 0 saturated heterocycles. The van der Waals surface area contributed by atoms with Crippen molar-refractivity contribution in [1.82, 2.24) is 15.1 Å². The molecule has 1 aromatic heterocycles. The highest BCUT2D eigenvalue weighted by Gasteiger charge is 2.11. The zero-order valence-corrected chi connectivity index (χ0v) is 14.5. The molecular formula is C17H33N3O. The van der Waals surface area contributed by atoms with Crippen molar-refractivity contribution in [1.29, 1.82) is 0 Å². The lowest BCUT2D eigenvalue weighted by molar-refractivity contribution is 0.196. The molecule has 0 aromatic carbocycles. The number of hydrogen-bond donors (Lipinski definition) is 1. The van der Waals surface area contributed by atoms with Gasteiger partial charge in [-0.3, -0.25) is 4.90 Å². The van der Waals surface area contributed by atoms with Gasteiger partial charge in [-0.1, -0.05) is 20.8 Å². The van der Waals surface area contributed by atoms with Crippen LogP contribution in [0.2, 0.25) is 0 Å². The first kappa shape index (κ1) is 18.2. The van der Waals surface area contributed by atoms with E-state index < -0.39 is 0 Å². The van der Waals surface area contributed by atoms with Crippen molar-refractivity contribution in [3.8, 4) is 0 Å². The molecule has 0 aliphatic rings. The Hall–Kier alpha value is -0.840. The first-order valence-corrected chi connectivity index (χ1v) is 8.16. The molecule has 0 amide bonds. The van der Waals surface area contributed by atoms with Crippen LogP contribution in [0.5, 0.6) is 0 Å². The van der Waals surface area contributed by atoms with Crippen LogP contribution in [-0.2, 0) is 13.1 Å². The summed E-state index contributed by atoms with van der Waals surface area (Å²) >= 11 is 0. The molecule has 1 aromatic rings. The molecule has 0 unspecified atom stereocenters. The predicted octanol–water partition coefficient (Wildman–Crippen LogP) is 2.80. The Morgan fingerprint density at radius 3 is 2.48 bits per heavy atom. The molecular weight excluding hydrogens is 262 g/mol. The van der Waals surface area contributed by atoms with Gasteiger partial charge < -0.3 is 14.6 Å². The van der Waals surface area contributed by atoms with Crippen LogP contribution in [0.1, 0.15) is 38.7 Å². The molecule has 0 radical (unpaired) electrons. The average Bonchev–Trinajstić information content (AvgIpc) is 2.83. The van der Waals surface area contributed by atoms with Crippen LogP contribution in [0.3, 0.4) is 0 Å². The highest BCUT2D eigenvalue weighted by atomic mass is 16.3. The van der Waals surface area contributed by atoms with Crippen LogP contribution >= 0.6 is 0 Å². The summed E-state index contributed by atoms with van der Waals surface area (Å²) in [5.41, 5.74) is 0. The summed E-state index contributed by atoms with van der Waals surface area (Å²) in [7, 11) is 4.25. The van der Waals surface area contributed by atoms with Crippen LogP contribution in [0.25, 0.3) is 0 Å². The van der Waals surface area contributed by atoms with Crippen molar-refractivity contribution in [2.45, 2.75) is 40.3 Å². The van der Waals surface area contributed by atoms with Gasteiger partial charge >= 0.3 is 0 Å². The lowest BCUT2D eigenvalue weighted by Gasteiger charge is -2.24. The molecule has 4 heteroatoms. The minimum absolute atomic E-state index is 0.674. The second kappa shape index (κ2) is 9.98. The molecule has 0 saturated carbocycles. The zero-order valence-electron chi connectivity index (χ0n) is 14.5. The maximum absolute atomic E-state index is 5.93. The summed E-state index contributed by atoms with van der Waals surface area (Å²) in [5, 5.41) is 3.38. The maximum Gasteiger partial charge on any atom is 0.118 e. The van der Waals surface area contributed by atoms with Gasteiger partial charge in [0.15, 0.2) is 0 Å². The second-order valence-corrected chi connectivity index (χ2v) is 6.48. The first-order valence-electron chi connectivity index (χ1n) is 8.16. The third-order valence-corrected chi connectivity index (χ3v) is 3.31. The van der Waals surface area contributed by atoms with Crippen molar-refractivity contribution < 1.29 is 4.42 Å². The molecule has 122 valence electrons. The quantitative estimate of drug-likeness (QED) is 0.636. The Morgan fingerprint density at radius 1 is 1.14 bits per heavy atom. The summed E-state index contributed by atoms with van der Waals surface area (Å²) in [6.45, 7) is 12.8. The standard InChI is InChI=1S/C17H33N3O/c1-6-9-18-12-16-7-8-17(21-16)14-20(13-15(2)3)11-10-19(4)5/h7-8,15,18H,6,9-14H2,1-5H3. The SMILES string of the molecule is CCCNCc1ccc(CN(CCN(C)C)CC(C)C)o1. The molecule has 0 spiro atoms. The molecule has 1 heterocycles. The van der Waals surface area contributed by atoms with E-state index >= 15 is 0 Å². The fourth-order valence-corrected chi connectivity index (χ4v) is 2.30. The van der Waals surface area contributed by atoms with E-state index in [1.807, 2.05) is 0 Å². The van der Waals surface area contributed by atoms with Crippen LogP contribution in [-0.4, -0.2) is 50.1 Å². The summed E-state index contributed by atoms with van der Waals surface area (Å²) < 4.78 is 5.93. The van der Waals surface area contributed by atoms with Crippen molar-refractivity contribution in [2.75, 3.05) is 40.3 Å². The molecule has 0 aliphatic heterocycles. The van der Waals surface area contributed by atoms with E-state index in [1.54, 1.807) is 0 Å². The molecule has 4 nitrogen and oxygen atoms in total. The van der Waals surface area contributed by atoms with Gasteiger partial charge in [0.05, 0.1) is 13.1 Å². The average molecular weight is 295 g/mol. The third kappa shape index (κ3) is 8.24. The first-order chi connectivity index (χ1) is 10.0. The monoisotopic (exact) mass is 295 g/mol. The van der Waals surface area contributed by atoms with E-state index in [2.05, 4.69) is 62.1 Å². The minimum atomic E-state index is 0.674. The number of furan rings is 1. The Labute approximate surface area is 130 Å². The van der Waals surface area contributed by atoms with Crippen molar-refractivity contribution in [3.05, 3.63) is 23.7 Å². The van der Waals surface area contributed by atoms with Crippen LogP contribution in [0, 0.1) is 5.92 Å². The van der Waals surface area contributed by atoms with E-state index in [-0.39, 0.29) is 0 Å². The number of nitrogens with zero attached hydrogens (tertiary/aromatic N) is 2. The lowest BCUT2D eigenvalue weighted by Crippen LogP contribution is -2.33. The van der Waals surface area contributed by atoms with Crippen molar-refractivity contribution in [3.63, 3.8) is 0 Å². The molecule has 0 aliphatic carbocycles. The number of nitrogens with one attached hydrogen (secondary N) is 1. The van der Waals surface area contributed by atoms with Gasteiger partial charge in [-0.2, -0.15) is 0 Å². The largest absolute Gasteiger partial charge is 0.463 e. The van der Waals surface area contributed by atoms with Crippen LogP contribution in [0.4, 0.5) is 0 Å². The Kier molecular flexibility index (Phi) is 8.66. The highest BCUT2D eigenvalue weighted by molar-refractivity contribution is 5.07. The van der Waals surface area contributed by atoms with Gasteiger partial charge in [0.25, 0.3) is 0 Å². The smallest absolute Gasteiger partial charge is 0.118 e. The van der Waals surface area contributed by atoms with E-state index in [0.29, 0.717) is 5.92 Å². The van der Waals surface area contributed by atoms with Crippen molar-refractivity contribution >= 4 is 0 Å². The topological polar surface area (TPSA) is 31.6 Å². The Balaban J connectivity index is 2.48. The van der Waals surface area contributed by atoms with Gasteiger partial charge in [0.1, 0.15) is 11.5 Å². The fraction of sp³-hybridized carbons (Fsp3) is 0.765. The molecule has 0 bridgehead atoms. The zero-order chi connectivity index (χ0) is 15.7. The van der Waals surface area contributed by atoms with Gasteiger partial charge in [-0.05, 0) is 45.1 Å². The normalized spacial score (nSPS) is 12.0.